The molecule has 0 aromatic heterocycles. The van der Waals surface area contributed by atoms with Gasteiger partial charge >= 0.3 is 7.82 Å². The van der Waals surface area contributed by atoms with Crippen LogP contribution in [0.3, 0.4) is 0 Å². The van der Waals surface area contributed by atoms with E-state index in [1.807, 2.05) is 25.1 Å². The fourth-order valence-electron chi connectivity index (χ4n) is 2.70. The summed E-state index contributed by atoms with van der Waals surface area (Å²) in [7, 11) is -3.83. The average Bonchev–Trinajstić information content (AvgIpc) is 2.72. The molecule has 0 N–H and O–H groups in total. The summed E-state index contributed by atoms with van der Waals surface area (Å²) >= 11 is 0. The number of phosphoric ester groups is 1. The van der Waals surface area contributed by atoms with E-state index in [0.717, 1.165) is 12.0 Å². The molecule has 2 rings (SSSR count). The minimum absolute atomic E-state index is 0.131. The fourth-order valence-corrected chi connectivity index (χ4v) is 3.91. The Labute approximate surface area is 175 Å². The van der Waals surface area contributed by atoms with Crippen LogP contribution >= 0.6 is 7.82 Å². The molecule has 2 aromatic rings. The zero-order valence-electron chi connectivity index (χ0n) is 17.5. The molecule has 5 nitrogen and oxygen atoms in total. The van der Waals surface area contributed by atoms with Crippen LogP contribution < -0.4 is 9.05 Å². The van der Waals surface area contributed by atoms with Crippen molar-refractivity contribution in [2.75, 3.05) is 19.8 Å². The molecular formula is C23H33O5P. The monoisotopic (exact) mass is 420 g/mol. The Hall–Kier alpha value is -1.81. The number of unbranched alkanes of at least 4 members (excludes halogenated alkanes) is 5. The van der Waals surface area contributed by atoms with Crippen molar-refractivity contribution < 1.29 is 22.9 Å². The third-order valence-electron chi connectivity index (χ3n) is 4.32. The standard InChI is InChI=1S/C23H33O5P/c1-3-4-5-6-7-11-18-25-19-20-26-29(24,27-22-12-9-8-10-13-22)28-23-16-14-21(2)15-17-23/h8-10,12-17H,3-7,11,18-20H2,1-2H3. The summed E-state index contributed by atoms with van der Waals surface area (Å²) in [4.78, 5) is 0. The first kappa shape index (κ1) is 23.5. The lowest BCUT2D eigenvalue weighted by Gasteiger charge is -2.19. The Morgan fingerprint density at radius 2 is 1.34 bits per heavy atom. The van der Waals surface area contributed by atoms with Gasteiger partial charge in [0.1, 0.15) is 11.5 Å². The second-order valence-electron chi connectivity index (χ2n) is 6.97. The van der Waals surface area contributed by atoms with Crippen molar-refractivity contribution in [1.29, 1.82) is 0 Å². The SMILES string of the molecule is CCCCCCCCOCCOP(=O)(Oc1ccccc1)Oc1ccc(C)cc1. The number of hydrogen-bond donors (Lipinski definition) is 0. The molecule has 29 heavy (non-hydrogen) atoms. The van der Waals surface area contributed by atoms with Gasteiger partial charge in [-0.15, -0.1) is 0 Å². The minimum Gasteiger partial charge on any atom is -0.395 e. The highest BCUT2D eigenvalue weighted by molar-refractivity contribution is 7.49. The Morgan fingerprint density at radius 1 is 0.724 bits per heavy atom. The van der Waals surface area contributed by atoms with Crippen LogP contribution in [-0.2, 0) is 13.8 Å². The smallest absolute Gasteiger partial charge is 0.395 e. The molecule has 0 spiro atoms. The molecule has 0 aliphatic carbocycles. The van der Waals surface area contributed by atoms with E-state index in [0.29, 0.717) is 24.7 Å². The highest BCUT2D eigenvalue weighted by Crippen LogP contribution is 2.49. The lowest BCUT2D eigenvalue weighted by atomic mass is 10.1. The zero-order valence-corrected chi connectivity index (χ0v) is 18.4. The topological polar surface area (TPSA) is 54.0 Å². The van der Waals surface area contributed by atoms with Crippen LogP contribution in [0.5, 0.6) is 11.5 Å². The number of ether oxygens (including phenoxy) is 1. The summed E-state index contributed by atoms with van der Waals surface area (Å²) in [6, 6.07) is 16.1. The Bertz CT molecular complexity index is 718. The Balaban J connectivity index is 1.79. The van der Waals surface area contributed by atoms with E-state index < -0.39 is 7.82 Å². The van der Waals surface area contributed by atoms with E-state index in [9.17, 15) is 4.57 Å². The first-order chi connectivity index (χ1) is 14.1. The largest absolute Gasteiger partial charge is 0.587 e. The molecule has 1 unspecified atom stereocenters. The lowest BCUT2D eigenvalue weighted by molar-refractivity contribution is 0.0857. The molecule has 0 saturated heterocycles. The highest BCUT2D eigenvalue weighted by atomic mass is 31.2. The lowest BCUT2D eigenvalue weighted by Crippen LogP contribution is -2.10. The second kappa shape index (κ2) is 13.4. The van der Waals surface area contributed by atoms with E-state index in [4.69, 9.17) is 18.3 Å². The van der Waals surface area contributed by atoms with Gasteiger partial charge in [0, 0.05) is 6.61 Å². The minimum atomic E-state index is -3.83. The summed E-state index contributed by atoms with van der Waals surface area (Å²) in [5.41, 5.74) is 1.08. The van der Waals surface area contributed by atoms with Crippen molar-refractivity contribution in [1.82, 2.24) is 0 Å². The number of aryl methyl sites for hydroxylation is 1. The zero-order chi connectivity index (χ0) is 20.8. The fraction of sp³-hybridized carbons (Fsp3) is 0.478. The number of rotatable bonds is 15. The summed E-state index contributed by atoms with van der Waals surface area (Å²) in [6.45, 7) is 5.34. The van der Waals surface area contributed by atoms with Crippen molar-refractivity contribution in [2.45, 2.75) is 52.4 Å². The molecule has 0 radical (unpaired) electrons. The van der Waals surface area contributed by atoms with Crippen LogP contribution in [0, 0.1) is 6.92 Å². The number of benzene rings is 2. The van der Waals surface area contributed by atoms with Gasteiger partial charge in [-0.05, 0) is 37.6 Å². The second-order valence-corrected chi connectivity index (χ2v) is 8.49. The molecule has 0 aliphatic rings. The van der Waals surface area contributed by atoms with Gasteiger partial charge in [-0.3, -0.25) is 4.52 Å². The molecule has 0 heterocycles. The normalized spacial score (nSPS) is 13.0. The van der Waals surface area contributed by atoms with Crippen LogP contribution in [-0.4, -0.2) is 19.8 Å². The molecule has 1 atom stereocenters. The molecule has 160 valence electrons. The van der Waals surface area contributed by atoms with E-state index in [-0.39, 0.29) is 6.61 Å². The van der Waals surface area contributed by atoms with Gasteiger partial charge < -0.3 is 13.8 Å². The quantitative estimate of drug-likeness (QED) is 0.230. The van der Waals surface area contributed by atoms with E-state index in [1.54, 1.807) is 36.4 Å². The van der Waals surface area contributed by atoms with Crippen molar-refractivity contribution in [3.8, 4) is 11.5 Å². The van der Waals surface area contributed by atoms with Crippen LogP contribution in [0.15, 0.2) is 54.6 Å². The first-order valence-electron chi connectivity index (χ1n) is 10.4. The van der Waals surface area contributed by atoms with Gasteiger partial charge in [0.25, 0.3) is 0 Å². The van der Waals surface area contributed by atoms with Crippen LogP contribution in [0.25, 0.3) is 0 Å². The molecule has 0 fully saturated rings. The van der Waals surface area contributed by atoms with Crippen LogP contribution in [0.2, 0.25) is 0 Å². The van der Waals surface area contributed by atoms with Crippen molar-refractivity contribution in [3.05, 3.63) is 60.2 Å². The molecule has 0 aliphatic heterocycles. The van der Waals surface area contributed by atoms with E-state index in [2.05, 4.69) is 6.92 Å². The molecule has 0 amide bonds. The molecule has 6 heteroatoms. The van der Waals surface area contributed by atoms with E-state index in [1.165, 1.54) is 32.1 Å². The highest BCUT2D eigenvalue weighted by Gasteiger charge is 2.30. The maximum absolute atomic E-state index is 13.2. The van der Waals surface area contributed by atoms with Crippen molar-refractivity contribution >= 4 is 7.82 Å². The summed E-state index contributed by atoms with van der Waals surface area (Å²) in [6.07, 6.45) is 7.29. The predicted molar refractivity (Wildman–Crippen MR) is 117 cm³/mol. The van der Waals surface area contributed by atoms with Gasteiger partial charge in [-0.25, -0.2) is 4.57 Å². The molecular weight excluding hydrogens is 387 g/mol. The van der Waals surface area contributed by atoms with E-state index >= 15 is 0 Å². The van der Waals surface area contributed by atoms with Gasteiger partial charge in [-0.1, -0.05) is 74.9 Å². The van der Waals surface area contributed by atoms with Crippen molar-refractivity contribution in [3.63, 3.8) is 0 Å². The summed E-state index contributed by atoms with van der Waals surface area (Å²) in [5, 5.41) is 0. The van der Waals surface area contributed by atoms with Gasteiger partial charge in [0.2, 0.25) is 0 Å². The maximum atomic E-state index is 13.2. The Kier molecular flexibility index (Phi) is 10.9. The number of phosphoric acid groups is 1. The average molecular weight is 420 g/mol. The third kappa shape index (κ3) is 9.98. The van der Waals surface area contributed by atoms with Crippen LogP contribution in [0.1, 0.15) is 51.0 Å². The van der Waals surface area contributed by atoms with Gasteiger partial charge in [-0.2, -0.15) is 0 Å². The third-order valence-corrected chi connectivity index (χ3v) is 5.69. The number of para-hydroxylation sites is 1. The summed E-state index contributed by atoms with van der Waals surface area (Å²) < 4.78 is 35.4. The predicted octanol–water partition coefficient (Wildman–Crippen LogP) is 6.95. The van der Waals surface area contributed by atoms with Gasteiger partial charge in [0.05, 0.1) is 13.2 Å². The molecule has 2 aromatic carbocycles. The molecule has 0 bridgehead atoms. The number of hydrogen-bond acceptors (Lipinski definition) is 5. The first-order valence-corrected chi connectivity index (χ1v) is 11.9. The van der Waals surface area contributed by atoms with Gasteiger partial charge in [0.15, 0.2) is 0 Å². The maximum Gasteiger partial charge on any atom is 0.587 e. The van der Waals surface area contributed by atoms with Crippen LogP contribution in [0.4, 0.5) is 0 Å². The van der Waals surface area contributed by atoms with Crippen molar-refractivity contribution in [2.24, 2.45) is 0 Å². The molecule has 0 saturated carbocycles. The Morgan fingerprint density at radius 3 is 2.03 bits per heavy atom. The summed E-state index contributed by atoms with van der Waals surface area (Å²) in [5.74, 6) is 0.860.